The second-order valence-electron chi connectivity index (χ2n) is 6.37. The molecule has 0 aromatic carbocycles. The Kier molecular flexibility index (Phi) is 3.38. The van der Waals surface area contributed by atoms with Gasteiger partial charge in [0.05, 0.1) is 18.6 Å². The average molecular weight is 334 g/mol. The summed E-state index contributed by atoms with van der Waals surface area (Å²) in [6.45, 7) is 2.77. The van der Waals surface area contributed by atoms with Gasteiger partial charge < -0.3 is 14.6 Å². The summed E-state index contributed by atoms with van der Waals surface area (Å²) in [6.07, 6.45) is 1.59. The van der Waals surface area contributed by atoms with Gasteiger partial charge in [-0.05, 0) is 30.8 Å². The molecule has 2 aromatic heterocycles. The number of hydrogen-bond donors (Lipinski definition) is 1. The molecular weight excluding hydrogens is 316 g/mol. The number of piperidine rings is 1. The number of carbonyl (C=O) groups is 1. The molecule has 0 bridgehead atoms. The smallest absolute Gasteiger partial charge is 0.410 e. The van der Waals surface area contributed by atoms with Gasteiger partial charge in [-0.2, -0.15) is 0 Å². The number of likely N-dealkylation sites (tertiary alicyclic amines) is 1. The molecule has 0 radical (unpaired) electrons. The molecule has 0 unspecified atom stereocenters. The standard InChI is InChI=1S/C15H18N4O3S/c1-18-8-15(22-14(18)21)4-2-5-19(9-15)7-11-16-10-3-6-23-12(10)13(20)17-11/h3,6H,2,4-5,7-9H2,1H3,(H,16,17,20)/t15-/m1/s1. The van der Waals surface area contributed by atoms with E-state index in [1.165, 1.54) is 11.3 Å². The van der Waals surface area contributed by atoms with Crippen molar-refractivity contribution in [2.75, 3.05) is 26.7 Å². The van der Waals surface area contributed by atoms with E-state index in [0.29, 0.717) is 30.2 Å². The molecule has 4 rings (SSSR count). The Morgan fingerprint density at radius 3 is 3.09 bits per heavy atom. The first-order chi connectivity index (χ1) is 11.0. The van der Waals surface area contributed by atoms with Crippen LogP contribution in [0.4, 0.5) is 4.79 Å². The molecule has 122 valence electrons. The van der Waals surface area contributed by atoms with Crippen LogP contribution in [0.5, 0.6) is 0 Å². The molecule has 23 heavy (non-hydrogen) atoms. The maximum absolute atomic E-state index is 12.1. The first kappa shape index (κ1) is 14.6. The molecule has 8 heteroatoms. The van der Waals surface area contributed by atoms with Crippen molar-refractivity contribution in [1.82, 2.24) is 19.8 Å². The molecule has 7 nitrogen and oxygen atoms in total. The van der Waals surface area contributed by atoms with Crippen LogP contribution >= 0.6 is 11.3 Å². The first-order valence-corrected chi connectivity index (χ1v) is 8.56. The van der Waals surface area contributed by atoms with Crippen LogP contribution in [-0.4, -0.2) is 58.1 Å². The van der Waals surface area contributed by atoms with Gasteiger partial charge in [-0.15, -0.1) is 11.3 Å². The predicted molar refractivity (Wildman–Crippen MR) is 86.6 cm³/mol. The van der Waals surface area contributed by atoms with E-state index in [-0.39, 0.29) is 11.7 Å². The van der Waals surface area contributed by atoms with Gasteiger partial charge in [-0.25, -0.2) is 9.78 Å². The van der Waals surface area contributed by atoms with Crippen LogP contribution in [0.15, 0.2) is 16.2 Å². The summed E-state index contributed by atoms with van der Waals surface area (Å²) in [5.41, 5.74) is 0.239. The number of aromatic amines is 1. The van der Waals surface area contributed by atoms with E-state index < -0.39 is 5.60 Å². The van der Waals surface area contributed by atoms with Crippen molar-refractivity contribution in [2.24, 2.45) is 0 Å². The zero-order chi connectivity index (χ0) is 16.0. The summed E-state index contributed by atoms with van der Waals surface area (Å²) in [6, 6.07) is 1.87. The van der Waals surface area contributed by atoms with Crippen molar-refractivity contribution in [3.8, 4) is 0 Å². The molecule has 1 amide bonds. The van der Waals surface area contributed by atoms with Crippen LogP contribution in [0.25, 0.3) is 10.2 Å². The van der Waals surface area contributed by atoms with Crippen molar-refractivity contribution in [2.45, 2.75) is 25.0 Å². The van der Waals surface area contributed by atoms with Crippen LogP contribution in [0.1, 0.15) is 18.7 Å². The van der Waals surface area contributed by atoms with Crippen molar-refractivity contribution in [3.05, 3.63) is 27.6 Å². The Labute approximate surface area is 136 Å². The highest BCUT2D eigenvalue weighted by atomic mass is 32.1. The quantitative estimate of drug-likeness (QED) is 0.898. The van der Waals surface area contributed by atoms with E-state index in [4.69, 9.17) is 4.74 Å². The number of ether oxygens (including phenoxy) is 1. The fourth-order valence-electron chi connectivity index (χ4n) is 3.54. The lowest BCUT2D eigenvalue weighted by molar-refractivity contribution is -0.0120. The molecule has 1 atom stereocenters. The van der Waals surface area contributed by atoms with E-state index in [1.807, 2.05) is 11.4 Å². The van der Waals surface area contributed by atoms with E-state index in [0.717, 1.165) is 24.9 Å². The molecule has 0 saturated carbocycles. The fraction of sp³-hybridized carbons (Fsp3) is 0.533. The third-order valence-corrected chi connectivity index (χ3v) is 5.40. The zero-order valence-electron chi connectivity index (χ0n) is 12.9. The molecule has 2 aliphatic heterocycles. The summed E-state index contributed by atoms with van der Waals surface area (Å²) in [4.78, 5) is 35.0. The minimum absolute atomic E-state index is 0.0845. The zero-order valence-corrected chi connectivity index (χ0v) is 13.7. The van der Waals surface area contributed by atoms with Crippen LogP contribution in [0.3, 0.4) is 0 Å². The number of nitrogens with one attached hydrogen (secondary N) is 1. The number of amides is 1. The highest BCUT2D eigenvalue weighted by Crippen LogP contribution is 2.31. The van der Waals surface area contributed by atoms with Gasteiger partial charge in [0.15, 0.2) is 0 Å². The lowest BCUT2D eigenvalue weighted by atomic mass is 9.93. The number of aromatic nitrogens is 2. The minimum atomic E-state index is -0.420. The summed E-state index contributed by atoms with van der Waals surface area (Å²) < 4.78 is 6.27. The molecule has 2 saturated heterocycles. The van der Waals surface area contributed by atoms with Crippen molar-refractivity contribution >= 4 is 27.6 Å². The molecule has 0 aliphatic carbocycles. The van der Waals surface area contributed by atoms with Gasteiger partial charge in [-0.1, -0.05) is 0 Å². The van der Waals surface area contributed by atoms with E-state index >= 15 is 0 Å². The minimum Gasteiger partial charge on any atom is -0.440 e. The third-order valence-electron chi connectivity index (χ3n) is 4.50. The van der Waals surface area contributed by atoms with E-state index in [2.05, 4.69) is 14.9 Å². The van der Waals surface area contributed by atoms with Crippen molar-refractivity contribution in [1.29, 1.82) is 0 Å². The molecule has 2 fully saturated rings. The van der Waals surface area contributed by atoms with Gasteiger partial charge in [0.1, 0.15) is 16.1 Å². The lowest BCUT2D eigenvalue weighted by Gasteiger charge is -2.38. The molecule has 4 heterocycles. The van der Waals surface area contributed by atoms with Crippen molar-refractivity contribution < 1.29 is 9.53 Å². The summed E-state index contributed by atoms with van der Waals surface area (Å²) in [5.74, 6) is 0.663. The number of hydrogen-bond acceptors (Lipinski definition) is 6. The van der Waals surface area contributed by atoms with Crippen LogP contribution in [0.2, 0.25) is 0 Å². The SMILES string of the molecule is CN1C[C@@]2(CCCN(Cc3nc4ccsc4c(=O)[nH]3)C2)OC1=O. The number of likely N-dealkylation sites (N-methyl/N-ethyl adjacent to an activating group) is 1. The molecule has 1 spiro atoms. The summed E-state index contributed by atoms with van der Waals surface area (Å²) >= 11 is 1.40. The Hall–Kier alpha value is -1.93. The normalized spacial score (nSPS) is 25.4. The molecule has 1 N–H and O–H groups in total. The van der Waals surface area contributed by atoms with Gasteiger partial charge >= 0.3 is 6.09 Å². The number of rotatable bonds is 2. The number of nitrogens with zero attached hydrogens (tertiary/aromatic N) is 3. The van der Waals surface area contributed by atoms with Gasteiger partial charge in [-0.3, -0.25) is 9.69 Å². The summed E-state index contributed by atoms with van der Waals surface area (Å²) in [5, 5.41) is 1.88. The second-order valence-corrected chi connectivity index (χ2v) is 7.28. The fourth-order valence-corrected chi connectivity index (χ4v) is 4.26. The number of fused-ring (bicyclic) bond motifs is 1. The highest BCUT2D eigenvalue weighted by Gasteiger charge is 2.46. The Morgan fingerprint density at radius 1 is 1.43 bits per heavy atom. The Balaban J connectivity index is 1.54. The van der Waals surface area contributed by atoms with Gasteiger partial charge in [0.2, 0.25) is 0 Å². The maximum Gasteiger partial charge on any atom is 0.410 e. The topological polar surface area (TPSA) is 78.5 Å². The van der Waals surface area contributed by atoms with Crippen molar-refractivity contribution in [3.63, 3.8) is 0 Å². The maximum atomic E-state index is 12.1. The van der Waals surface area contributed by atoms with Crippen LogP contribution in [-0.2, 0) is 11.3 Å². The highest BCUT2D eigenvalue weighted by molar-refractivity contribution is 7.17. The number of H-pyrrole nitrogens is 1. The van der Waals surface area contributed by atoms with Crippen LogP contribution in [0, 0.1) is 0 Å². The average Bonchev–Trinajstić information content (AvgIpc) is 3.05. The molecule has 2 aliphatic rings. The Morgan fingerprint density at radius 2 is 2.30 bits per heavy atom. The number of thiophene rings is 1. The number of carbonyl (C=O) groups excluding carboxylic acids is 1. The molecule has 2 aromatic rings. The largest absolute Gasteiger partial charge is 0.440 e. The third kappa shape index (κ3) is 2.61. The predicted octanol–water partition coefficient (Wildman–Crippen LogP) is 1.40. The lowest BCUT2D eigenvalue weighted by Crippen LogP contribution is -2.50. The first-order valence-electron chi connectivity index (χ1n) is 7.68. The van der Waals surface area contributed by atoms with E-state index in [9.17, 15) is 9.59 Å². The molecular formula is C15H18N4O3S. The van der Waals surface area contributed by atoms with Gasteiger partial charge in [0.25, 0.3) is 5.56 Å². The van der Waals surface area contributed by atoms with Gasteiger partial charge in [0, 0.05) is 13.6 Å². The summed E-state index contributed by atoms with van der Waals surface area (Å²) in [7, 11) is 1.76. The van der Waals surface area contributed by atoms with E-state index in [1.54, 1.807) is 11.9 Å². The van der Waals surface area contributed by atoms with Crippen LogP contribution < -0.4 is 5.56 Å². The second kappa shape index (κ2) is 5.31. The Bertz CT molecular complexity index is 816. The monoisotopic (exact) mass is 334 g/mol.